The third kappa shape index (κ3) is 5.07. The van der Waals surface area contributed by atoms with Crippen LogP contribution in [0.2, 0.25) is 0 Å². The van der Waals surface area contributed by atoms with E-state index in [-0.39, 0.29) is 0 Å². The van der Waals surface area contributed by atoms with E-state index in [1.165, 1.54) is 5.56 Å². The topological polar surface area (TPSA) is 32.7 Å². The van der Waals surface area contributed by atoms with Crippen LogP contribution in [0.25, 0.3) is 0 Å². The molecular formula is C15H25NO2. The van der Waals surface area contributed by atoms with Crippen molar-refractivity contribution in [1.82, 2.24) is 4.90 Å². The molecule has 102 valence electrons. The molecule has 1 atom stereocenters. The predicted molar refractivity (Wildman–Crippen MR) is 75.2 cm³/mol. The molecule has 3 nitrogen and oxygen atoms in total. The van der Waals surface area contributed by atoms with E-state index in [9.17, 15) is 5.11 Å². The lowest BCUT2D eigenvalue weighted by Crippen LogP contribution is -2.33. The van der Waals surface area contributed by atoms with E-state index >= 15 is 0 Å². The minimum Gasteiger partial charge on any atom is -0.491 e. The number of ether oxygens (including phenoxy) is 1. The lowest BCUT2D eigenvalue weighted by molar-refractivity contribution is 0.0761. The Balaban J connectivity index is 2.40. The first-order valence-electron chi connectivity index (χ1n) is 6.59. The van der Waals surface area contributed by atoms with Gasteiger partial charge in [-0.2, -0.15) is 0 Å². The normalized spacial score (nSPS) is 12.8. The molecule has 0 bridgehead atoms. The summed E-state index contributed by atoms with van der Waals surface area (Å²) in [6.07, 6.45) is 0.656. The molecule has 1 N–H and O–H groups in total. The molecular weight excluding hydrogens is 226 g/mol. The van der Waals surface area contributed by atoms with Gasteiger partial charge in [0, 0.05) is 6.54 Å². The highest BCUT2D eigenvalue weighted by Gasteiger charge is 2.09. The fourth-order valence-corrected chi connectivity index (χ4v) is 2.03. The minimum atomic E-state index is -0.442. The monoisotopic (exact) mass is 251 g/mol. The van der Waals surface area contributed by atoms with Crippen molar-refractivity contribution in [3.8, 4) is 5.75 Å². The number of aliphatic hydroxyl groups excluding tert-OH is 1. The lowest BCUT2D eigenvalue weighted by Gasteiger charge is -2.20. The first-order valence-corrected chi connectivity index (χ1v) is 6.59. The summed E-state index contributed by atoms with van der Waals surface area (Å²) in [5.41, 5.74) is 2.34. The second-order valence-electron chi connectivity index (χ2n) is 5.00. The first-order chi connectivity index (χ1) is 8.52. The fraction of sp³-hybridized carbons (Fsp3) is 0.600. The summed E-state index contributed by atoms with van der Waals surface area (Å²) in [5, 5.41) is 9.89. The van der Waals surface area contributed by atoms with Gasteiger partial charge in [-0.05, 0) is 45.5 Å². The summed E-state index contributed by atoms with van der Waals surface area (Å²) >= 11 is 0. The van der Waals surface area contributed by atoms with E-state index in [4.69, 9.17) is 4.74 Å². The number of benzene rings is 1. The summed E-state index contributed by atoms with van der Waals surface area (Å²) in [5.74, 6) is 0.859. The van der Waals surface area contributed by atoms with Gasteiger partial charge >= 0.3 is 0 Å². The molecule has 0 saturated carbocycles. The third-order valence-corrected chi connectivity index (χ3v) is 2.89. The van der Waals surface area contributed by atoms with Crippen molar-refractivity contribution in [1.29, 1.82) is 0 Å². The van der Waals surface area contributed by atoms with Crippen molar-refractivity contribution in [2.75, 3.05) is 26.7 Å². The van der Waals surface area contributed by atoms with E-state index in [0.717, 1.165) is 24.3 Å². The molecule has 1 aromatic carbocycles. The van der Waals surface area contributed by atoms with E-state index < -0.39 is 6.10 Å². The lowest BCUT2D eigenvalue weighted by atomic mass is 10.1. The van der Waals surface area contributed by atoms with Crippen molar-refractivity contribution in [2.24, 2.45) is 0 Å². The number of aryl methyl sites for hydroxylation is 2. The zero-order valence-electron chi connectivity index (χ0n) is 11.9. The van der Waals surface area contributed by atoms with Crippen LogP contribution in [0, 0.1) is 13.8 Å². The Morgan fingerprint density at radius 2 is 2.06 bits per heavy atom. The van der Waals surface area contributed by atoms with Crippen LogP contribution in [-0.2, 0) is 0 Å². The van der Waals surface area contributed by atoms with Gasteiger partial charge in [0.25, 0.3) is 0 Å². The molecule has 1 unspecified atom stereocenters. The SMILES string of the molecule is CCCN(C)CC(O)COc1ccc(C)cc1C. The van der Waals surface area contributed by atoms with Gasteiger partial charge in [-0.3, -0.25) is 0 Å². The van der Waals surface area contributed by atoms with Crippen molar-refractivity contribution in [3.63, 3.8) is 0 Å². The van der Waals surface area contributed by atoms with Crippen LogP contribution in [0.3, 0.4) is 0 Å². The molecule has 1 aromatic rings. The van der Waals surface area contributed by atoms with Crippen molar-refractivity contribution in [2.45, 2.75) is 33.3 Å². The predicted octanol–water partition coefficient (Wildman–Crippen LogP) is 2.38. The maximum Gasteiger partial charge on any atom is 0.122 e. The Morgan fingerprint density at radius 3 is 2.67 bits per heavy atom. The smallest absolute Gasteiger partial charge is 0.122 e. The molecule has 0 radical (unpaired) electrons. The zero-order valence-corrected chi connectivity index (χ0v) is 11.9. The summed E-state index contributed by atoms with van der Waals surface area (Å²) in [4.78, 5) is 2.12. The maximum absolute atomic E-state index is 9.89. The highest BCUT2D eigenvalue weighted by molar-refractivity contribution is 5.35. The molecule has 0 aliphatic heterocycles. The van der Waals surface area contributed by atoms with Gasteiger partial charge in [0.2, 0.25) is 0 Å². The van der Waals surface area contributed by atoms with Gasteiger partial charge in [0.05, 0.1) is 0 Å². The number of hydrogen-bond donors (Lipinski definition) is 1. The molecule has 0 aliphatic rings. The van der Waals surface area contributed by atoms with Crippen LogP contribution in [0.4, 0.5) is 0 Å². The molecule has 0 fully saturated rings. The van der Waals surface area contributed by atoms with E-state index in [1.807, 2.05) is 26.1 Å². The van der Waals surface area contributed by atoms with Gasteiger partial charge in [0.15, 0.2) is 0 Å². The molecule has 18 heavy (non-hydrogen) atoms. The van der Waals surface area contributed by atoms with E-state index in [0.29, 0.717) is 13.2 Å². The number of likely N-dealkylation sites (N-methyl/N-ethyl adjacent to an activating group) is 1. The van der Waals surface area contributed by atoms with Crippen molar-refractivity contribution >= 4 is 0 Å². The molecule has 0 aliphatic carbocycles. The van der Waals surface area contributed by atoms with Crippen LogP contribution >= 0.6 is 0 Å². The summed E-state index contributed by atoms with van der Waals surface area (Å²) in [6, 6.07) is 6.08. The third-order valence-electron chi connectivity index (χ3n) is 2.89. The second kappa shape index (κ2) is 7.39. The molecule has 1 rings (SSSR count). The zero-order chi connectivity index (χ0) is 13.5. The van der Waals surface area contributed by atoms with Crippen LogP contribution in [-0.4, -0.2) is 42.9 Å². The summed E-state index contributed by atoms with van der Waals surface area (Å²) in [7, 11) is 2.02. The number of rotatable bonds is 7. The average Bonchev–Trinajstić information content (AvgIpc) is 2.28. The Hall–Kier alpha value is -1.06. The molecule has 0 spiro atoms. The van der Waals surface area contributed by atoms with Crippen LogP contribution in [0.1, 0.15) is 24.5 Å². The summed E-state index contributed by atoms with van der Waals surface area (Å²) in [6.45, 7) is 8.22. The Labute approximate surface area is 110 Å². The fourth-order valence-electron chi connectivity index (χ4n) is 2.03. The molecule has 3 heteroatoms. The Kier molecular flexibility index (Phi) is 6.16. The minimum absolute atomic E-state index is 0.345. The number of hydrogen-bond acceptors (Lipinski definition) is 3. The number of aliphatic hydroxyl groups is 1. The van der Waals surface area contributed by atoms with Crippen molar-refractivity contribution in [3.05, 3.63) is 29.3 Å². The first kappa shape index (κ1) is 15.0. The van der Waals surface area contributed by atoms with Crippen LogP contribution < -0.4 is 4.74 Å². The maximum atomic E-state index is 9.89. The van der Waals surface area contributed by atoms with Gasteiger partial charge in [-0.25, -0.2) is 0 Å². The second-order valence-corrected chi connectivity index (χ2v) is 5.00. The van der Waals surface area contributed by atoms with Gasteiger partial charge < -0.3 is 14.7 Å². The quantitative estimate of drug-likeness (QED) is 0.807. The van der Waals surface area contributed by atoms with Crippen LogP contribution in [0.5, 0.6) is 5.75 Å². The van der Waals surface area contributed by atoms with E-state index in [1.54, 1.807) is 0 Å². The Morgan fingerprint density at radius 1 is 1.33 bits per heavy atom. The molecule has 0 heterocycles. The largest absolute Gasteiger partial charge is 0.491 e. The molecule has 0 saturated heterocycles. The Bertz CT molecular complexity index is 366. The van der Waals surface area contributed by atoms with Gasteiger partial charge in [0.1, 0.15) is 18.5 Å². The molecule has 0 amide bonds. The average molecular weight is 251 g/mol. The number of nitrogens with zero attached hydrogens (tertiary/aromatic N) is 1. The van der Waals surface area contributed by atoms with Gasteiger partial charge in [-0.15, -0.1) is 0 Å². The van der Waals surface area contributed by atoms with Gasteiger partial charge in [-0.1, -0.05) is 24.6 Å². The highest BCUT2D eigenvalue weighted by Crippen LogP contribution is 2.18. The van der Waals surface area contributed by atoms with Crippen molar-refractivity contribution < 1.29 is 9.84 Å². The molecule has 0 aromatic heterocycles. The highest BCUT2D eigenvalue weighted by atomic mass is 16.5. The van der Waals surface area contributed by atoms with E-state index in [2.05, 4.69) is 24.8 Å². The van der Waals surface area contributed by atoms with Crippen LogP contribution in [0.15, 0.2) is 18.2 Å². The summed E-state index contributed by atoms with van der Waals surface area (Å²) < 4.78 is 5.66. The standard InChI is InChI=1S/C15H25NO2/c1-5-8-16(4)10-14(17)11-18-15-7-6-12(2)9-13(15)3/h6-7,9,14,17H,5,8,10-11H2,1-4H3.